The molecule has 0 spiro atoms. The lowest BCUT2D eigenvalue weighted by Crippen LogP contribution is -2.29. The van der Waals surface area contributed by atoms with Crippen molar-refractivity contribution in [2.75, 3.05) is 18.1 Å². The van der Waals surface area contributed by atoms with Crippen LogP contribution in [0.15, 0.2) is 24.3 Å². The predicted octanol–water partition coefficient (Wildman–Crippen LogP) is 1.97. The van der Waals surface area contributed by atoms with Crippen molar-refractivity contribution in [2.24, 2.45) is 0 Å². The van der Waals surface area contributed by atoms with Gasteiger partial charge in [0.1, 0.15) is 5.82 Å². The van der Waals surface area contributed by atoms with Crippen molar-refractivity contribution in [1.29, 1.82) is 0 Å². The second-order valence-corrected chi connectivity index (χ2v) is 5.98. The lowest BCUT2D eigenvalue weighted by Gasteiger charge is -2.11. The van der Waals surface area contributed by atoms with Crippen LogP contribution >= 0.6 is 11.8 Å². The molecule has 140 valence electrons. The number of hydrogen-bond donors (Lipinski definition) is 2. The van der Waals surface area contributed by atoms with E-state index in [-0.39, 0.29) is 23.7 Å². The van der Waals surface area contributed by atoms with E-state index in [0.717, 1.165) is 23.9 Å². The van der Waals surface area contributed by atoms with Gasteiger partial charge in [-0.25, -0.2) is 9.07 Å². The average Bonchev–Trinajstić information content (AvgIpc) is 2.99. The molecule has 1 aromatic carbocycles. The first-order valence-electron chi connectivity index (χ1n) is 7.06. The molecule has 1 aromatic heterocycles. The fourth-order valence-corrected chi connectivity index (χ4v) is 2.52. The predicted molar refractivity (Wildman–Crippen MR) is 83.6 cm³/mol. The number of halogens is 4. The third-order valence-corrected chi connectivity index (χ3v) is 3.91. The fourth-order valence-electron chi connectivity index (χ4n) is 1.96. The third-order valence-electron chi connectivity index (χ3n) is 2.96. The number of amides is 1. The molecule has 0 aliphatic carbocycles. The van der Waals surface area contributed by atoms with Gasteiger partial charge in [-0.2, -0.15) is 13.2 Å². The fraction of sp³-hybridized carbons (Fsp3) is 0.286. The number of benzene rings is 1. The second kappa shape index (κ2) is 8.17. The molecule has 2 rings (SSSR count). The van der Waals surface area contributed by atoms with E-state index in [9.17, 15) is 27.2 Å². The van der Waals surface area contributed by atoms with Crippen LogP contribution in [0.4, 0.5) is 17.6 Å². The number of carbonyl (C=O) groups is 2. The SMILES string of the molecule is O=C(O)CSCCNC(=O)c1nnn(-c2cccc(F)c2)c1C(F)(F)F. The van der Waals surface area contributed by atoms with Crippen molar-refractivity contribution in [3.63, 3.8) is 0 Å². The lowest BCUT2D eigenvalue weighted by atomic mass is 10.2. The molecule has 0 unspecified atom stereocenters. The maximum atomic E-state index is 13.4. The van der Waals surface area contributed by atoms with Gasteiger partial charge in [0, 0.05) is 12.3 Å². The maximum absolute atomic E-state index is 13.4. The number of carboxylic acids is 1. The molecule has 0 saturated carbocycles. The van der Waals surface area contributed by atoms with Gasteiger partial charge in [0.25, 0.3) is 5.91 Å². The third kappa shape index (κ3) is 4.94. The molecule has 26 heavy (non-hydrogen) atoms. The summed E-state index contributed by atoms with van der Waals surface area (Å²) in [6.07, 6.45) is -4.96. The first-order chi connectivity index (χ1) is 12.2. The molecular formula is C14H12F4N4O3S. The van der Waals surface area contributed by atoms with Crippen LogP contribution in [0.1, 0.15) is 16.2 Å². The average molecular weight is 392 g/mol. The van der Waals surface area contributed by atoms with Crippen LogP contribution in [0.25, 0.3) is 5.69 Å². The zero-order valence-electron chi connectivity index (χ0n) is 13.0. The highest BCUT2D eigenvalue weighted by atomic mass is 32.2. The van der Waals surface area contributed by atoms with Crippen LogP contribution in [0.2, 0.25) is 0 Å². The van der Waals surface area contributed by atoms with Gasteiger partial charge in [0.05, 0.1) is 11.4 Å². The molecule has 0 saturated heterocycles. The smallest absolute Gasteiger partial charge is 0.435 e. The summed E-state index contributed by atoms with van der Waals surface area (Å²) < 4.78 is 53.8. The first kappa shape index (κ1) is 19.7. The molecule has 0 atom stereocenters. The van der Waals surface area contributed by atoms with E-state index in [0.29, 0.717) is 4.68 Å². The lowest BCUT2D eigenvalue weighted by molar-refractivity contribution is -0.143. The van der Waals surface area contributed by atoms with Gasteiger partial charge < -0.3 is 10.4 Å². The molecular weight excluding hydrogens is 380 g/mol. The summed E-state index contributed by atoms with van der Waals surface area (Å²) >= 11 is 0.993. The van der Waals surface area contributed by atoms with Gasteiger partial charge in [-0.1, -0.05) is 11.3 Å². The van der Waals surface area contributed by atoms with Gasteiger partial charge in [0.2, 0.25) is 0 Å². The Morgan fingerprint density at radius 3 is 2.65 bits per heavy atom. The highest BCUT2D eigenvalue weighted by Crippen LogP contribution is 2.32. The summed E-state index contributed by atoms with van der Waals surface area (Å²) in [6.45, 7) is -0.0547. The Kier molecular flexibility index (Phi) is 6.18. The summed E-state index contributed by atoms with van der Waals surface area (Å²) in [5, 5.41) is 17.3. The minimum Gasteiger partial charge on any atom is -0.481 e. The van der Waals surface area contributed by atoms with E-state index in [1.807, 2.05) is 0 Å². The quantitative estimate of drug-likeness (QED) is 0.553. The number of nitrogens with one attached hydrogen (secondary N) is 1. The molecule has 0 bridgehead atoms. The minimum absolute atomic E-state index is 0.0547. The minimum atomic E-state index is -4.96. The van der Waals surface area contributed by atoms with E-state index in [1.165, 1.54) is 12.1 Å². The molecule has 0 aliphatic heterocycles. The van der Waals surface area contributed by atoms with Gasteiger partial charge in [-0.15, -0.1) is 16.9 Å². The Hall–Kier alpha value is -2.63. The Bertz CT molecular complexity index is 810. The van der Waals surface area contributed by atoms with Crippen LogP contribution in [0.5, 0.6) is 0 Å². The van der Waals surface area contributed by atoms with E-state index >= 15 is 0 Å². The number of carbonyl (C=O) groups excluding carboxylic acids is 1. The van der Waals surface area contributed by atoms with Crippen LogP contribution in [0.3, 0.4) is 0 Å². The van der Waals surface area contributed by atoms with E-state index in [1.54, 1.807) is 0 Å². The van der Waals surface area contributed by atoms with Crippen molar-refractivity contribution in [3.8, 4) is 5.69 Å². The highest BCUT2D eigenvalue weighted by molar-refractivity contribution is 7.99. The summed E-state index contributed by atoms with van der Waals surface area (Å²) in [5.74, 6) is -2.93. The Morgan fingerprint density at radius 2 is 2.04 bits per heavy atom. The van der Waals surface area contributed by atoms with Crippen LogP contribution in [0, 0.1) is 5.82 Å². The monoisotopic (exact) mass is 392 g/mol. The number of carboxylic acid groups (broad SMARTS) is 1. The van der Waals surface area contributed by atoms with Gasteiger partial charge in [0.15, 0.2) is 11.4 Å². The highest BCUT2D eigenvalue weighted by Gasteiger charge is 2.42. The van der Waals surface area contributed by atoms with Crippen molar-refractivity contribution in [2.45, 2.75) is 6.18 Å². The largest absolute Gasteiger partial charge is 0.481 e. The summed E-state index contributed by atoms with van der Waals surface area (Å²) in [7, 11) is 0. The van der Waals surface area contributed by atoms with Crippen molar-refractivity contribution in [3.05, 3.63) is 41.5 Å². The van der Waals surface area contributed by atoms with E-state index < -0.39 is 35.3 Å². The zero-order chi connectivity index (χ0) is 19.3. The number of aromatic nitrogens is 3. The van der Waals surface area contributed by atoms with E-state index in [4.69, 9.17) is 5.11 Å². The topological polar surface area (TPSA) is 97.1 Å². The van der Waals surface area contributed by atoms with Crippen molar-refractivity contribution < 1.29 is 32.3 Å². The molecule has 7 nitrogen and oxygen atoms in total. The molecule has 0 radical (unpaired) electrons. The first-order valence-corrected chi connectivity index (χ1v) is 8.22. The Balaban J connectivity index is 2.21. The molecule has 1 amide bonds. The van der Waals surface area contributed by atoms with E-state index in [2.05, 4.69) is 15.6 Å². The number of rotatable bonds is 7. The summed E-state index contributed by atoms with van der Waals surface area (Å²) in [4.78, 5) is 22.3. The van der Waals surface area contributed by atoms with Crippen molar-refractivity contribution >= 4 is 23.6 Å². The molecule has 1 heterocycles. The second-order valence-electron chi connectivity index (χ2n) is 4.88. The molecule has 0 fully saturated rings. The zero-order valence-corrected chi connectivity index (χ0v) is 13.8. The number of alkyl halides is 3. The maximum Gasteiger partial charge on any atom is 0.435 e. The Labute approximate surface area is 148 Å². The molecule has 0 aliphatic rings. The standard InChI is InChI=1S/C14H12F4N4O3S/c15-8-2-1-3-9(6-8)22-12(14(16,17)18)11(20-21-22)13(25)19-4-5-26-7-10(23)24/h1-3,6H,4-5,7H2,(H,19,25)(H,23,24). The Morgan fingerprint density at radius 1 is 1.31 bits per heavy atom. The van der Waals surface area contributed by atoms with Gasteiger partial charge in [-0.3, -0.25) is 9.59 Å². The molecule has 2 N–H and O–H groups in total. The van der Waals surface area contributed by atoms with Crippen LogP contribution in [-0.2, 0) is 11.0 Å². The van der Waals surface area contributed by atoms with Crippen LogP contribution < -0.4 is 5.32 Å². The molecule has 12 heteroatoms. The number of aliphatic carboxylic acids is 1. The number of thioether (sulfide) groups is 1. The van der Waals surface area contributed by atoms with Crippen molar-refractivity contribution in [1.82, 2.24) is 20.3 Å². The summed E-state index contributed by atoms with van der Waals surface area (Å²) in [6, 6.07) is 4.27. The normalized spacial score (nSPS) is 11.4. The molecule has 2 aromatic rings. The van der Waals surface area contributed by atoms with Gasteiger partial charge >= 0.3 is 12.1 Å². The van der Waals surface area contributed by atoms with Crippen LogP contribution in [-0.4, -0.2) is 50.0 Å². The number of nitrogens with zero attached hydrogens (tertiary/aromatic N) is 3. The summed E-state index contributed by atoms with van der Waals surface area (Å²) in [5.41, 5.74) is -2.62. The number of hydrogen-bond acceptors (Lipinski definition) is 5. The van der Waals surface area contributed by atoms with Gasteiger partial charge in [-0.05, 0) is 18.2 Å².